The lowest BCUT2D eigenvalue weighted by atomic mass is 9.83. The number of allylic oxidation sites excluding steroid dienone is 1. The van der Waals surface area contributed by atoms with Crippen LogP contribution in [0.2, 0.25) is 5.02 Å². The predicted molar refractivity (Wildman–Crippen MR) is 91.5 cm³/mol. The Morgan fingerprint density at radius 2 is 2.17 bits per heavy atom. The van der Waals surface area contributed by atoms with Gasteiger partial charge < -0.3 is 15.0 Å². The Hall–Kier alpha value is -2.97. The Bertz CT molecular complexity index is 1040. The minimum absolute atomic E-state index is 0.117. The fourth-order valence-electron chi connectivity index (χ4n) is 3.20. The second-order valence-corrected chi connectivity index (χ2v) is 6.14. The third kappa shape index (κ3) is 2.04. The highest BCUT2D eigenvalue weighted by Crippen LogP contribution is 2.45. The molecule has 6 heteroatoms. The van der Waals surface area contributed by atoms with Crippen LogP contribution in [0.15, 0.2) is 54.3 Å². The van der Waals surface area contributed by atoms with Crippen molar-refractivity contribution in [3.8, 4) is 11.8 Å². The fraction of sp³-hybridized carbons (Fsp3) is 0.111. The third-order valence-electron chi connectivity index (χ3n) is 4.31. The normalized spacial score (nSPS) is 16.6. The molecule has 0 radical (unpaired) electrons. The fourth-order valence-corrected chi connectivity index (χ4v) is 3.38. The Kier molecular flexibility index (Phi) is 3.22. The summed E-state index contributed by atoms with van der Waals surface area (Å²) in [5, 5.41) is 11.0. The SMILES string of the molecule is Cn1ccc2c3c(ccc21)C(c1cncc(Cl)c1)C(C#N)=C(N)O3. The molecule has 0 fully saturated rings. The van der Waals surface area contributed by atoms with Crippen molar-refractivity contribution in [2.24, 2.45) is 12.8 Å². The monoisotopic (exact) mass is 336 g/mol. The minimum atomic E-state index is -0.352. The number of pyridine rings is 1. The second-order valence-electron chi connectivity index (χ2n) is 5.70. The predicted octanol–water partition coefficient (Wildman–Crippen LogP) is 3.44. The van der Waals surface area contributed by atoms with Crippen LogP contribution in [-0.4, -0.2) is 9.55 Å². The van der Waals surface area contributed by atoms with Gasteiger partial charge in [0.15, 0.2) is 0 Å². The summed E-state index contributed by atoms with van der Waals surface area (Å²) in [4.78, 5) is 4.14. The highest BCUT2D eigenvalue weighted by Gasteiger charge is 2.32. The molecule has 1 aromatic carbocycles. The molecule has 1 aliphatic rings. The first-order chi connectivity index (χ1) is 11.6. The summed E-state index contributed by atoms with van der Waals surface area (Å²) >= 11 is 6.09. The average Bonchev–Trinajstić information content (AvgIpc) is 2.95. The number of aryl methyl sites for hydroxylation is 1. The number of aromatic nitrogens is 2. The molecule has 5 nitrogen and oxygen atoms in total. The van der Waals surface area contributed by atoms with Gasteiger partial charge in [0, 0.05) is 36.6 Å². The first-order valence-corrected chi connectivity index (χ1v) is 7.74. The molecular formula is C18H13ClN4O. The topological polar surface area (TPSA) is 76.9 Å². The summed E-state index contributed by atoms with van der Waals surface area (Å²) in [6.07, 6.45) is 5.22. The number of halogens is 1. The van der Waals surface area contributed by atoms with Crippen molar-refractivity contribution in [3.05, 3.63) is 70.5 Å². The first kappa shape index (κ1) is 14.6. The number of ether oxygens (including phenoxy) is 1. The van der Waals surface area contributed by atoms with E-state index < -0.39 is 0 Å². The van der Waals surface area contributed by atoms with Crippen molar-refractivity contribution in [1.29, 1.82) is 5.26 Å². The van der Waals surface area contributed by atoms with E-state index >= 15 is 0 Å². The molecule has 2 aromatic heterocycles. The van der Waals surface area contributed by atoms with Crippen LogP contribution in [0.1, 0.15) is 17.0 Å². The number of rotatable bonds is 1. The van der Waals surface area contributed by atoms with Gasteiger partial charge >= 0.3 is 0 Å². The molecule has 4 rings (SSSR count). The number of nitrogens with two attached hydrogens (primary N) is 1. The molecule has 0 saturated heterocycles. The largest absolute Gasteiger partial charge is 0.439 e. The lowest BCUT2D eigenvalue weighted by molar-refractivity contribution is 0.398. The van der Waals surface area contributed by atoms with E-state index in [0.29, 0.717) is 16.3 Å². The number of hydrogen-bond donors (Lipinski definition) is 1. The van der Waals surface area contributed by atoms with Gasteiger partial charge in [-0.15, -0.1) is 0 Å². The molecule has 0 amide bonds. The minimum Gasteiger partial charge on any atom is -0.439 e. The zero-order valence-corrected chi connectivity index (χ0v) is 13.6. The van der Waals surface area contributed by atoms with Crippen LogP contribution >= 0.6 is 11.6 Å². The zero-order chi connectivity index (χ0) is 16.8. The van der Waals surface area contributed by atoms with E-state index in [1.165, 1.54) is 0 Å². The Labute approximate surface area is 143 Å². The molecule has 3 heterocycles. The quantitative estimate of drug-likeness (QED) is 0.738. The van der Waals surface area contributed by atoms with E-state index in [0.717, 1.165) is 22.0 Å². The summed E-state index contributed by atoms with van der Waals surface area (Å²) in [6, 6.07) is 9.93. The summed E-state index contributed by atoms with van der Waals surface area (Å²) < 4.78 is 7.82. The van der Waals surface area contributed by atoms with E-state index in [1.807, 2.05) is 36.0 Å². The smallest absolute Gasteiger partial charge is 0.205 e. The van der Waals surface area contributed by atoms with Crippen LogP contribution in [0.5, 0.6) is 5.75 Å². The van der Waals surface area contributed by atoms with Crippen molar-refractivity contribution < 1.29 is 4.74 Å². The second kappa shape index (κ2) is 5.29. The maximum absolute atomic E-state index is 9.58. The van der Waals surface area contributed by atoms with Gasteiger partial charge in [-0.1, -0.05) is 17.7 Å². The van der Waals surface area contributed by atoms with E-state index in [4.69, 9.17) is 22.1 Å². The number of hydrogen-bond acceptors (Lipinski definition) is 4. The molecular weight excluding hydrogens is 324 g/mol. The summed E-state index contributed by atoms with van der Waals surface area (Å²) in [5.41, 5.74) is 9.12. The highest BCUT2D eigenvalue weighted by molar-refractivity contribution is 6.30. The average molecular weight is 337 g/mol. The molecule has 0 aliphatic carbocycles. The highest BCUT2D eigenvalue weighted by atomic mass is 35.5. The Balaban J connectivity index is 2.02. The standard InChI is InChI=1S/C18H13ClN4O/c1-23-5-4-12-15(23)3-2-13-16(10-6-11(19)9-22-8-10)14(7-20)18(21)24-17(12)13/h2-6,8-9,16H,21H2,1H3. The number of benzene rings is 1. The Morgan fingerprint density at radius 3 is 2.92 bits per heavy atom. The molecule has 24 heavy (non-hydrogen) atoms. The van der Waals surface area contributed by atoms with Gasteiger partial charge in [-0.3, -0.25) is 4.98 Å². The van der Waals surface area contributed by atoms with Gasteiger partial charge in [0.25, 0.3) is 0 Å². The number of nitriles is 1. The van der Waals surface area contributed by atoms with Crippen molar-refractivity contribution in [1.82, 2.24) is 9.55 Å². The van der Waals surface area contributed by atoms with E-state index in [2.05, 4.69) is 11.1 Å². The molecule has 118 valence electrons. The van der Waals surface area contributed by atoms with E-state index in [1.54, 1.807) is 18.5 Å². The van der Waals surface area contributed by atoms with Crippen LogP contribution in [0.25, 0.3) is 10.9 Å². The zero-order valence-electron chi connectivity index (χ0n) is 12.8. The van der Waals surface area contributed by atoms with Crippen molar-refractivity contribution in [2.45, 2.75) is 5.92 Å². The van der Waals surface area contributed by atoms with Gasteiger partial charge in [0.2, 0.25) is 5.88 Å². The molecule has 1 unspecified atom stereocenters. The van der Waals surface area contributed by atoms with Crippen molar-refractivity contribution >= 4 is 22.5 Å². The number of fused-ring (bicyclic) bond motifs is 3. The van der Waals surface area contributed by atoms with Gasteiger partial charge in [-0.25, -0.2) is 0 Å². The van der Waals surface area contributed by atoms with E-state index in [-0.39, 0.29) is 11.8 Å². The molecule has 2 N–H and O–H groups in total. The van der Waals surface area contributed by atoms with Gasteiger partial charge in [0.1, 0.15) is 17.4 Å². The molecule has 1 atom stereocenters. The third-order valence-corrected chi connectivity index (χ3v) is 4.51. The van der Waals surface area contributed by atoms with E-state index in [9.17, 15) is 5.26 Å². The Morgan fingerprint density at radius 1 is 1.33 bits per heavy atom. The maximum Gasteiger partial charge on any atom is 0.205 e. The number of nitrogens with zero attached hydrogens (tertiary/aromatic N) is 3. The van der Waals surface area contributed by atoms with Crippen molar-refractivity contribution in [3.63, 3.8) is 0 Å². The summed E-state index contributed by atoms with van der Waals surface area (Å²) in [7, 11) is 1.97. The first-order valence-electron chi connectivity index (χ1n) is 7.36. The van der Waals surface area contributed by atoms with Gasteiger partial charge in [0.05, 0.1) is 16.5 Å². The van der Waals surface area contributed by atoms with Crippen LogP contribution in [0.4, 0.5) is 0 Å². The van der Waals surface area contributed by atoms with Crippen LogP contribution in [0, 0.1) is 11.3 Å². The van der Waals surface area contributed by atoms with Crippen LogP contribution in [-0.2, 0) is 7.05 Å². The maximum atomic E-state index is 9.58. The molecule has 0 bridgehead atoms. The van der Waals surface area contributed by atoms with Crippen LogP contribution in [0.3, 0.4) is 0 Å². The summed E-state index contributed by atoms with van der Waals surface area (Å²) in [6.45, 7) is 0. The molecule has 0 spiro atoms. The summed E-state index contributed by atoms with van der Waals surface area (Å²) in [5.74, 6) is 0.440. The molecule has 0 saturated carbocycles. The van der Waals surface area contributed by atoms with Gasteiger partial charge in [-0.05, 0) is 23.8 Å². The molecule has 3 aromatic rings. The van der Waals surface area contributed by atoms with Crippen LogP contribution < -0.4 is 10.5 Å². The molecule has 1 aliphatic heterocycles. The lowest BCUT2D eigenvalue weighted by Gasteiger charge is -2.27. The van der Waals surface area contributed by atoms with Crippen molar-refractivity contribution in [2.75, 3.05) is 0 Å². The van der Waals surface area contributed by atoms with Gasteiger partial charge in [-0.2, -0.15) is 5.26 Å². The lowest BCUT2D eigenvalue weighted by Crippen LogP contribution is -2.21.